The van der Waals surface area contributed by atoms with Gasteiger partial charge >= 0.3 is 0 Å². The summed E-state index contributed by atoms with van der Waals surface area (Å²) < 4.78 is 1.77. The lowest BCUT2D eigenvalue weighted by Gasteiger charge is -2.45. The molecule has 2 aliphatic heterocycles. The van der Waals surface area contributed by atoms with Crippen molar-refractivity contribution in [2.45, 2.75) is 19.4 Å². The third-order valence-electron chi connectivity index (χ3n) is 5.09. The molecule has 0 spiro atoms. The van der Waals surface area contributed by atoms with E-state index in [1.165, 1.54) is 22.4 Å². The summed E-state index contributed by atoms with van der Waals surface area (Å²) in [4.78, 5) is 14.0. The molecule has 1 unspecified atom stereocenters. The Morgan fingerprint density at radius 1 is 1.12 bits per heavy atom. The fourth-order valence-electron chi connectivity index (χ4n) is 3.98. The molecule has 0 N–H and O–H groups in total. The Kier molecular flexibility index (Phi) is 4.68. The van der Waals surface area contributed by atoms with Gasteiger partial charge in [-0.15, -0.1) is 0 Å². The summed E-state index contributed by atoms with van der Waals surface area (Å²) in [6.07, 6.45) is 1.92. The lowest BCUT2D eigenvalue weighted by Crippen LogP contribution is -2.53. The summed E-state index contributed by atoms with van der Waals surface area (Å²) in [6.45, 7) is 4.69. The molecule has 1 saturated heterocycles. The van der Waals surface area contributed by atoms with Gasteiger partial charge in [-0.1, -0.05) is 49.4 Å². The minimum atomic E-state index is 0.272. The maximum atomic E-state index is 11.5. The molecule has 2 heterocycles. The average molecular weight is 353 g/mol. The molecule has 5 heteroatoms. The van der Waals surface area contributed by atoms with Crippen LogP contribution in [0.15, 0.2) is 48.5 Å². The smallest absolute Gasteiger partial charge is 0.234 e. The van der Waals surface area contributed by atoms with Crippen LogP contribution in [0.2, 0.25) is 0 Å². The lowest BCUT2D eigenvalue weighted by molar-refractivity contribution is -0.123. The largest absolute Gasteiger partial charge is 0.362 e. The van der Waals surface area contributed by atoms with Crippen LogP contribution in [0.4, 0.5) is 5.69 Å². The van der Waals surface area contributed by atoms with E-state index in [-0.39, 0.29) is 6.04 Å². The fraction of sp³-hybridized carbons (Fsp3) is 0.350. The van der Waals surface area contributed by atoms with Gasteiger partial charge in [0.2, 0.25) is 6.41 Å². The van der Waals surface area contributed by atoms with E-state index >= 15 is 0 Å². The Morgan fingerprint density at radius 2 is 1.88 bits per heavy atom. The van der Waals surface area contributed by atoms with Crippen LogP contribution in [-0.4, -0.2) is 41.2 Å². The minimum Gasteiger partial charge on any atom is -0.362 e. The number of hydrogen-bond acceptors (Lipinski definition) is 4. The van der Waals surface area contributed by atoms with Crippen LogP contribution in [-0.2, 0) is 11.2 Å². The van der Waals surface area contributed by atoms with Gasteiger partial charge in [-0.2, -0.15) is 0 Å². The first-order valence-electron chi connectivity index (χ1n) is 8.86. The van der Waals surface area contributed by atoms with E-state index in [0.29, 0.717) is 0 Å². The van der Waals surface area contributed by atoms with Crippen molar-refractivity contribution in [2.24, 2.45) is 0 Å². The van der Waals surface area contributed by atoms with Crippen LogP contribution >= 0.6 is 11.9 Å². The molecule has 0 bridgehead atoms. The molecule has 2 aromatic rings. The third kappa shape index (κ3) is 3.02. The summed E-state index contributed by atoms with van der Waals surface area (Å²) in [5.74, 6) is 0.892. The van der Waals surface area contributed by atoms with Gasteiger partial charge in [0.05, 0.1) is 6.04 Å². The van der Waals surface area contributed by atoms with Gasteiger partial charge in [0, 0.05) is 31.1 Å². The van der Waals surface area contributed by atoms with Crippen molar-refractivity contribution in [1.29, 1.82) is 0 Å². The van der Waals surface area contributed by atoms with Crippen molar-refractivity contribution in [3.8, 4) is 0 Å². The van der Waals surface area contributed by atoms with Gasteiger partial charge < -0.3 is 4.90 Å². The highest BCUT2D eigenvalue weighted by Crippen LogP contribution is 2.39. The van der Waals surface area contributed by atoms with Crippen LogP contribution in [0, 0.1) is 0 Å². The Labute approximate surface area is 153 Å². The monoisotopic (exact) mass is 353 g/mol. The zero-order valence-electron chi connectivity index (χ0n) is 14.5. The van der Waals surface area contributed by atoms with Crippen molar-refractivity contribution in [3.63, 3.8) is 0 Å². The number of para-hydroxylation sites is 1. The Bertz CT molecular complexity index is 766. The first kappa shape index (κ1) is 16.5. The molecule has 4 nitrogen and oxygen atoms in total. The molecular weight excluding hydrogens is 330 g/mol. The maximum Gasteiger partial charge on any atom is 0.234 e. The number of anilines is 1. The number of rotatable bonds is 4. The lowest BCUT2D eigenvalue weighted by atomic mass is 9.96. The van der Waals surface area contributed by atoms with Crippen molar-refractivity contribution in [3.05, 3.63) is 65.2 Å². The Morgan fingerprint density at radius 3 is 2.68 bits per heavy atom. The summed E-state index contributed by atoms with van der Waals surface area (Å²) in [6, 6.07) is 17.8. The highest BCUT2D eigenvalue weighted by molar-refractivity contribution is 7.97. The Balaban J connectivity index is 1.74. The molecular formula is C20H23N3OS. The predicted molar refractivity (Wildman–Crippen MR) is 103 cm³/mol. The molecule has 25 heavy (non-hydrogen) atoms. The van der Waals surface area contributed by atoms with Gasteiger partial charge in [0.15, 0.2) is 0 Å². The first-order valence-corrected chi connectivity index (χ1v) is 9.80. The number of hydrogen-bond donors (Lipinski definition) is 0. The summed E-state index contributed by atoms with van der Waals surface area (Å²) in [7, 11) is 0. The molecule has 0 saturated carbocycles. The normalized spacial score (nSPS) is 19.4. The molecule has 4 rings (SSSR count). The predicted octanol–water partition coefficient (Wildman–Crippen LogP) is 3.50. The van der Waals surface area contributed by atoms with E-state index < -0.39 is 0 Å². The van der Waals surface area contributed by atoms with Gasteiger partial charge in [-0.25, -0.2) is 9.42 Å². The maximum absolute atomic E-state index is 11.5. The van der Waals surface area contributed by atoms with Gasteiger partial charge in [0.1, 0.15) is 0 Å². The fourth-order valence-corrected chi connectivity index (χ4v) is 4.62. The van der Waals surface area contributed by atoms with Gasteiger partial charge in [-0.05, 0) is 41.1 Å². The quantitative estimate of drug-likeness (QED) is 0.621. The standard InChI is InChI=1S/C20H23N3OS/c1-2-25-23(15-24)21-11-12-22-19-10-6-4-8-17(19)13-16-7-3-5-9-18(16)20(22)14-21/h3-10,15,20H,2,11-14H2,1H3. The van der Waals surface area contributed by atoms with Crippen LogP contribution in [0.25, 0.3) is 0 Å². The van der Waals surface area contributed by atoms with E-state index in [4.69, 9.17) is 0 Å². The second-order valence-electron chi connectivity index (χ2n) is 6.45. The number of fused-ring (bicyclic) bond motifs is 5. The molecule has 0 aliphatic carbocycles. The van der Waals surface area contributed by atoms with Crippen molar-refractivity contribution in [1.82, 2.24) is 9.42 Å². The number of piperazine rings is 1. The number of amides is 1. The van der Waals surface area contributed by atoms with Crippen LogP contribution in [0.1, 0.15) is 29.7 Å². The highest BCUT2D eigenvalue weighted by atomic mass is 32.2. The second kappa shape index (κ2) is 7.10. The zero-order chi connectivity index (χ0) is 17.2. The molecule has 1 fully saturated rings. The van der Waals surface area contributed by atoms with E-state index in [0.717, 1.165) is 38.2 Å². The topological polar surface area (TPSA) is 26.8 Å². The van der Waals surface area contributed by atoms with Gasteiger partial charge in [0.25, 0.3) is 0 Å². The average Bonchev–Trinajstić information content (AvgIpc) is 2.80. The third-order valence-corrected chi connectivity index (χ3v) is 5.93. The summed E-state index contributed by atoms with van der Waals surface area (Å²) in [5.41, 5.74) is 5.51. The Hall–Kier alpha value is -1.98. The number of carbonyl (C=O) groups is 1. The molecule has 1 atom stereocenters. The van der Waals surface area contributed by atoms with E-state index in [1.807, 2.05) is 0 Å². The number of benzene rings is 2. The SMILES string of the molecule is CCSN(C=O)N1CCN2c3ccccc3Cc3ccccc3C2C1. The molecule has 2 aromatic carbocycles. The van der Waals surface area contributed by atoms with Crippen LogP contribution in [0.5, 0.6) is 0 Å². The number of carbonyl (C=O) groups excluding carboxylic acids is 1. The molecule has 130 valence electrons. The molecule has 1 amide bonds. The van der Waals surface area contributed by atoms with Crippen molar-refractivity contribution >= 4 is 24.0 Å². The second-order valence-corrected chi connectivity index (χ2v) is 7.66. The minimum absolute atomic E-state index is 0.272. The molecule has 2 aliphatic rings. The van der Waals surface area contributed by atoms with Crippen molar-refractivity contribution in [2.75, 3.05) is 30.3 Å². The zero-order valence-corrected chi connectivity index (χ0v) is 15.3. The molecule has 0 radical (unpaired) electrons. The summed E-state index contributed by atoms with van der Waals surface area (Å²) >= 11 is 1.57. The van der Waals surface area contributed by atoms with E-state index in [1.54, 1.807) is 16.4 Å². The van der Waals surface area contributed by atoms with Crippen LogP contribution < -0.4 is 4.90 Å². The highest BCUT2D eigenvalue weighted by Gasteiger charge is 2.34. The van der Waals surface area contributed by atoms with E-state index in [9.17, 15) is 4.79 Å². The van der Waals surface area contributed by atoms with Crippen molar-refractivity contribution < 1.29 is 4.79 Å². The van der Waals surface area contributed by atoms with Crippen LogP contribution in [0.3, 0.4) is 0 Å². The van der Waals surface area contributed by atoms with Gasteiger partial charge in [-0.3, -0.25) is 4.79 Å². The summed E-state index contributed by atoms with van der Waals surface area (Å²) in [5, 5.41) is 2.19. The molecule has 0 aromatic heterocycles. The first-order chi connectivity index (χ1) is 12.3. The number of nitrogens with zero attached hydrogens (tertiary/aromatic N) is 3. The van der Waals surface area contributed by atoms with E-state index in [2.05, 4.69) is 65.4 Å². The number of hydrazine groups is 1.